The summed E-state index contributed by atoms with van der Waals surface area (Å²) in [6.07, 6.45) is 1.11. The largest absolute Gasteiger partial charge is 0.309 e. The van der Waals surface area contributed by atoms with E-state index in [4.69, 9.17) is 0 Å². The smallest absolute Gasteiger partial charge is 0.0219 e. The average molecular weight is 245 g/mol. The molecule has 0 atom stereocenters. The van der Waals surface area contributed by atoms with Crippen molar-refractivity contribution in [2.75, 3.05) is 0 Å². The lowest BCUT2D eigenvalue weighted by atomic mass is 10.1. The first kappa shape index (κ1) is 12.3. The SMILES string of the molecule is CCc1ccccc1CNCc1cscc1C. The summed E-state index contributed by atoms with van der Waals surface area (Å²) in [6, 6.07) is 8.66. The zero-order valence-electron chi connectivity index (χ0n) is 10.5. The lowest BCUT2D eigenvalue weighted by molar-refractivity contribution is 0.687. The molecule has 0 amide bonds. The number of nitrogens with one attached hydrogen (secondary N) is 1. The Morgan fingerprint density at radius 1 is 1.00 bits per heavy atom. The van der Waals surface area contributed by atoms with Crippen molar-refractivity contribution in [2.45, 2.75) is 33.4 Å². The first-order chi connectivity index (χ1) is 8.31. The number of aryl methyl sites for hydroxylation is 2. The molecular formula is C15H19NS. The Morgan fingerprint density at radius 3 is 2.35 bits per heavy atom. The summed E-state index contributed by atoms with van der Waals surface area (Å²) in [5.41, 5.74) is 5.68. The summed E-state index contributed by atoms with van der Waals surface area (Å²) in [4.78, 5) is 0. The minimum absolute atomic E-state index is 0.958. The molecule has 1 aromatic carbocycles. The molecule has 90 valence electrons. The van der Waals surface area contributed by atoms with Crippen molar-refractivity contribution in [3.05, 3.63) is 57.3 Å². The van der Waals surface area contributed by atoms with Gasteiger partial charge in [0.25, 0.3) is 0 Å². The predicted octanol–water partition coefficient (Wildman–Crippen LogP) is 3.91. The maximum atomic E-state index is 3.53. The molecule has 1 aromatic heterocycles. The molecule has 2 heteroatoms. The Kier molecular flexibility index (Phi) is 4.35. The van der Waals surface area contributed by atoms with E-state index in [-0.39, 0.29) is 0 Å². The number of thiophene rings is 1. The molecule has 0 radical (unpaired) electrons. The maximum Gasteiger partial charge on any atom is 0.0219 e. The van der Waals surface area contributed by atoms with Gasteiger partial charge in [0.15, 0.2) is 0 Å². The van der Waals surface area contributed by atoms with E-state index in [1.165, 1.54) is 22.3 Å². The maximum absolute atomic E-state index is 3.53. The third kappa shape index (κ3) is 3.18. The van der Waals surface area contributed by atoms with Crippen LogP contribution in [0.5, 0.6) is 0 Å². The van der Waals surface area contributed by atoms with Crippen LogP contribution in [0.2, 0.25) is 0 Å². The van der Waals surface area contributed by atoms with E-state index < -0.39 is 0 Å². The summed E-state index contributed by atoms with van der Waals surface area (Å²) in [5.74, 6) is 0. The molecule has 0 aliphatic heterocycles. The Morgan fingerprint density at radius 2 is 1.71 bits per heavy atom. The second kappa shape index (κ2) is 5.99. The summed E-state index contributed by atoms with van der Waals surface area (Å²) in [6.45, 7) is 6.31. The highest BCUT2D eigenvalue weighted by atomic mass is 32.1. The average Bonchev–Trinajstić information content (AvgIpc) is 2.76. The lowest BCUT2D eigenvalue weighted by Gasteiger charge is -2.09. The fourth-order valence-corrected chi connectivity index (χ4v) is 2.83. The van der Waals surface area contributed by atoms with E-state index in [2.05, 4.69) is 54.2 Å². The van der Waals surface area contributed by atoms with Gasteiger partial charge >= 0.3 is 0 Å². The second-order valence-corrected chi connectivity index (χ2v) is 5.05. The van der Waals surface area contributed by atoms with Crippen LogP contribution in [-0.2, 0) is 19.5 Å². The minimum Gasteiger partial charge on any atom is -0.309 e. The van der Waals surface area contributed by atoms with Crippen molar-refractivity contribution >= 4 is 11.3 Å². The molecule has 2 aromatic rings. The standard InChI is InChI=1S/C15H19NS/c1-3-13-6-4-5-7-14(13)8-16-9-15-11-17-10-12(15)2/h4-7,10-11,16H,3,8-9H2,1-2H3. The quantitative estimate of drug-likeness (QED) is 0.842. The molecule has 1 N–H and O–H groups in total. The van der Waals surface area contributed by atoms with Crippen LogP contribution >= 0.6 is 11.3 Å². The van der Waals surface area contributed by atoms with Crippen LogP contribution in [0.25, 0.3) is 0 Å². The van der Waals surface area contributed by atoms with Gasteiger partial charge in [-0.2, -0.15) is 11.3 Å². The Hall–Kier alpha value is -1.12. The van der Waals surface area contributed by atoms with Crippen molar-refractivity contribution in [3.63, 3.8) is 0 Å². The summed E-state index contributed by atoms with van der Waals surface area (Å²) >= 11 is 1.78. The summed E-state index contributed by atoms with van der Waals surface area (Å²) in [7, 11) is 0. The summed E-state index contributed by atoms with van der Waals surface area (Å²) < 4.78 is 0. The molecule has 2 rings (SSSR count). The highest BCUT2D eigenvalue weighted by Gasteiger charge is 2.01. The van der Waals surface area contributed by atoms with Gasteiger partial charge in [-0.15, -0.1) is 0 Å². The molecular weight excluding hydrogens is 226 g/mol. The third-order valence-corrected chi connectivity index (χ3v) is 4.00. The Balaban J connectivity index is 1.92. The van der Waals surface area contributed by atoms with Gasteiger partial charge in [-0.1, -0.05) is 31.2 Å². The van der Waals surface area contributed by atoms with Crippen molar-refractivity contribution in [3.8, 4) is 0 Å². The highest BCUT2D eigenvalue weighted by Crippen LogP contribution is 2.14. The van der Waals surface area contributed by atoms with Crippen molar-refractivity contribution in [2.24, 2.45) is 0 Å². The number of benzene rings is 1. The topological polar surface area (TPSA) is 12.0 Å². The van der Waals surface area contributed by atoms with Crippen LogP contribution in [-0.4, -0.2) is 0 Å². The number of hydrogen-bond acceptors (Lipinski definition) is 2. The van der Waals surface area contributed by atoms with Crippen LogP contribution in [0.4, 0.5) is 0 Å². The van der Waals surface area contributed by atoms with Crippen LogP contribution in [0.15, 0.2) is 35.0 Å². The van der Waals surface area contributed by atoms with E-state index in [0.717, 1.165) is 19.5 Å². The van der Waals surface area contributed by atoms with Gasteiger partial charge in [0.1, 0.15) is 0 Å². The summed E-state index contributed by atoms with van der Waals surface area (Å²) in [5, 5.41) is 7.96. The highest BCUT2D eigenvalue weighted by molar-refractivity contribution is 7.08. The van der Waals surface area contributed by atoms with E-state index in [0.29, 0.717) is 0 Å². The first-order valence-corrected chi connectivity index (χ1v) is 7.04. The monoisotopic (exact) mass is 245 g/mol. The molecule has 0 bridgehead atoms. The van der Waals surface area contributed by atoms with Gasteiger partial charge in [-0.25, -0.2) is 0 Å². The van der Waals surface area contributed by atoms with Crippen molar-refractivity contribution in [1.82, 2.24) is 5.32 Å². The zero-order valence-corrected chi connectivity index (χ0v) is 11.3. The van der Waals surface area contributed by atoms with Crippen LogP contribution < -0.4 is 5.32 Å². The number of rotatable bonds is 5. The fourth-order valence-electron chi connectivity index (χ4n) is 1.97. The van der Waals surface area contributed by atoms with Crippen molar-refractivity contribution < 1.29 is 0 Å². The van der Waals surface area contributed by atoms with Crippen molar-refractivity contribution in [1.29, 1.82) is 0 Å². The van der Waals surface area contributed by atoms with E-state index in [1.54, 1.807) is 11.3 Å². The van der Waals surface area contributed by atoms with Gasteiger partial charge in [0.05, 0.1) is 0 Å². The lowest BCUT2D eigenvalue weighted by Crippen LogP contribution is -2.14. The fraction of sp³-hybridized carbons (Fsp3) is 0.333. The molecule has 0 unspecified atom stereocenters. The molecule has 0 spiro atoms. The third-order valence-electron chi connectivity index (χ3n) is 3.09. The Labute approximate surface area is 108 Å². The number of hydrogen-bond donors (Lipinski definition) is 1. The van der Waals surface area contributed by atoms with Crippen LogP contribution in [0.1, 0.15) is 29.2 Å². The van der Waals surface area contributed by atoms with Gasteiger partial charge < -0.3 is 5.32 Å². The molecule has 0 aliphatic carbocycles. The molecule has 0 aliphatic rings. The van der Waals surface area contributed by atoms with Gasteiger partial charge in [-0.05, 0) is 46.4 Å². The van der Waals surface area contributed by atoms with Crippen LogP contribution in [0, 0.1) is 6.92 Å². The first-order valence-electron chi connectivity index (χ1n) is 6.10. The second-order valence-electron chi connectivity index (χ2n) is 4.31. The van der Waals surface area contributed by atoms with Crippen LogP contribution in [0.3, 0.4) is 0 Å². The van der Waals surface area contributed by atoms with E-state index >= 15 is 0 Å². The molecule has 1 heterocycles. The molecule has 1 nitrogen and oxygen atoms in total. The molecule has 17 heavy (non-hydrogen) atoms. The minimum atomic E-state index is 0.958. The van der Waals surface area contributed by atoms with Gasteiger partial charge in [0.2, 0.25) is 0 Å². The normalized spacial score (nSPS) is 10.7. The zero-order chi connectivity index (χ0) is 12.1. The Bertz CT molecular complexity index is 473. The molecule has 0 saturated carbocycles. The van der Waals surface area contributed by atoms with Gasteiger partial charge in [0, 0.05) is 13.1 Å². The molecule has 0 fully saturated rings. The predicted molar refractivity (Wildman–Crippen MR) is 75.4 cm³/mol. The van der Waals surface area contributed by atoms with E-state index in [9.17, 15) is 0 Å². The van der Waals surface area contributed by atoms with E-state index in [1.807, 2.05) is 0 Å². The molecule has 0 saturated heterocycles. The van der Waals surface area contributed by atoms with Gasteiger partial charge in [-0.3, -0.25) is 0 Å².